The van der Waals surface area contributed by atoms with Gasteiger partial charge in [-0.15, -0.1) is 0 Å². The first-order valence-electron chi connectivity index (χ1n) is 9.87. The fraction of sp³-hybridized carbons (Fsp3) is 0.208. The van der Waals surface area contributed by atoms with Gasteiger partial charge in [-0.1, -0.05) is 42.1 Å². The van der Waals surface area contributed by atoms with Gasteiger partial charge in [0.05, 0.1) is 40.2 Å². The summed E-state index contributed by atoms with van der Waals surface area (Å²) in [5, 5.41) is 16.3. The molecule has 0 saturated heterocycles. The van der Waals surface area contributed by atoms with Crippen LogP contribution in [0.1, 0.15) is 24.2 Å². The SMILES string of the molecule is C=CCOC(=O)C1=C(C)NC(SCC(=O)Nc2ccc(C)cc2)=C(C#N)[C@H]1c1ccco1. The molecule has 3 rings (SSSR count). The van der Waals surface area contributed by atoms with Crippen LogP contribution in [0.5, 0.6) is 0 Å². The van der Waals surface area contributed by atoms with E-state index in [1.54, 1.807) is 19.1 Å². The lowest BCUT2D eigenvalue weighted by Crippen LogP contribution is -2.29. The van der Waals surface area contributed by atoms with Gasteiger partial charge in [0.2, 0.25) is 5.91 Å². The molecule has 1 aliphatic rings. The largest absolute Gasteiger partial charge is 0.468 e. The van der Waals surface area contributed by atoms with Gasteiger partial charge in [-0.2, -0.15) is 5.26 Å². The molecule has 1 aromatic heterocycles. The molecule has 0 radical (unpaired) electrons. The van der Waals surface area contributed by atoms with Crippen molar-refractivity contribution in [2.75, 3.05) is 17.7 Å². The summed E-state index contributed by atoms with van der Waals surface area (Å²) < 4.78 is 10.8. The van der Waals surface area contributed by atoms with Crippen molar-refractivity contribution < 1.29 is 18.7 Å². The quantitative estimate of drug-likeness (QED) is 0.455. The number of hydrogen-bond donors (Lipinski definition) is 2. The number of nitrogens with one attached hydrogen (secondary N) is 2. The number of carbonyl (C=O) groups excluding carboxylic acids is 2. The topological polar surface area (TPSA) is 104 Å². The first-order chi connectivity index (χ1) is 15.4. The van der Waals surface area contributed by atoms with Gasteiger partial charge in [-0.05, 0) is 38.1 Å². The Morgan fingerprint density at radius 2 is 2.06 bits per heavy atom. The zero-order chi connectivity index (χ0) is 23.1. The Bertz CT molecular complexity index is 1110. The predicted octanol–water partition coefficient (Wildman–Crippen LogP) is 4.39. The van der Waals surface area contributed by atoms with Gasteiger partial charge in [-0.25, -0.2) is 4.79 Å². The lowest BCUT2D eigenvalue weighted by Gasteiger charge is -2.27. The molecule has 0 fully saturated rings. The molecule has 1 aliphatic heterocycles. The zero-order valence-corrected chi connectivity index (χ0v) is 18.6. The minimum atomic E-state index is -0.740. The third kappa shape index (κ3) is 5.31. The fourth-order valence-electron chi connectivity index (χ4n) is 3.22. The van der Waals surface area contributed by atoms with E-state index in [2.05, 4.69) is 23.3 Å². The number of allylic oxidation sites excluding steroid dienone is 2. The second kappa shape index (κ2) is 10.6. The second-order valence-corrected chi connectivity index (χ2v) is 8.04. The number of dihydropyridines is 1. The highest BCUT2D eigenvalue weighted by atomic mass is 32.2. The number of nitriles is 1. The van der Waals surface area contributed by atoms with Crippen LogP contribution in [-0.2, 0) is 14.3 Å². The molecule has 7 nitrogen and oxygen atoms in total. The van der Waals surface area contributed by atoms with Crippen LogP contribution in [0.25, 0.3) is 0 Å². The maximum absolute atomic E-state index is 12.7. The third-order valence-corrected chi connectivity index (χ3v) is 5.73. The van der Waals surface area contributed by atoms with Gasteiger partial charge < -0.3 is 19.8 Å². The number of benzene rings is 1. The number of carbonyl (C=O) groups is 2. The number of anilines is 1. The standard InChI is InChI=1S/C24H23N3O4S/c1-4-11-31-24(29)21-16(3)26-23(18(13-25)22(21)19-6-5-12-30-19)32-14-20(28)27-17-9-7-15(2)8-10-17/h4-10,12,22,26H,1,11,14H2,2-3H3,(H,27,28)/t22-/m0/s1. The Morgan fingerprint density at radius 1 is 1.31 bits per heavy atom. The van der Waals surface area contributed by atoms with E-state index in [0.29, 0.717) is 22.2 Å². The lowest BCUT2D eigenvalue weighted by atomic mass is 9.86. The maximum atomic E-state index is 12.7. The molecule has 0 aliphatic carbocycles. The number of ether oxygens (including phenoxy) is 1. The van der Waals surface area contributed by atoms with Gasteiger partial charge >= 0.3 is 5.97 Å². The van der Waals surface area contributed by atoms with E-state index in [1.165, 1.54) is 24.1 Å². The summed E-state index contributed by atoms with van der Waals surface area (Å²) in [6, 6.07) is 13.1. The molecule has 0 saturated carbocycles. The number of amides is 1. The van der Waals surface area contributed by atoms with Crippen molar-refractivity contribution in [2.24, 2.45) is 0 Å². The molecule has 2 N–H and O–H groups in total. The van der Waals surface area contributed by atoms with Crippen LogP contribution in [-0.4, -0.2) is 24.2 Å². The molecule has 8 heteroatoms. The number of hydrogen-bond acceptors (Lipinski definition) is 7. The monoisotopic (exact) mass is 449 g/mol. The van der Waals surface area contributed by atoms with Crippen LogP contribution < -0.4 is 10.6 Å². The summed E-state index contributed by atoms with van der Waals surface area (Å²) in [6.07, 6.45) is 2.96. The van der Waals surface area contributed by atoms with Gasteiger partial charge in [0.15, 0.2) is 0 Å². The van der Waals surface area contributed by atoms with Crippen LogP contribution >= 0.6 is 11.8 Å². The number of esters is 1. The van der Waals surface area contributed by atoms with Gasteiger partial charge in [0, 0.05) is 11.4 Å². The van der Waals surface area contributed by atoms with Crippen molar-refractivity contribution in [1.82, 2.24) is 5.32 Å². The lowest BCUT2D eigenvalue weighted by molar-refractivity contribution is -0.138. The summed E-state index contributed by atoms with van der Waals surface area (Å²) in [5.74, 6) is -0.995. The van der Waals surface area contributed by atoms with E-state index in [0.717, 1.165) is 5.56 Å². The number of aryl methyl sites for hydroxylation is 1. The molecule has 2 aromatic rings. The van der Waals surface area contributed by atoms with Crippen LogP contribution in [0, 0.1) is 18.3 Å². The Morgan fingerprint density at radius 3 is 2.69 bits per heavy atom. The predicted molar refractivity (Wildman–Crippen MR) is 123 cm³/mol. The van der Waals surface area contributed by atoms with Gasteiger partial charge in [0.25, 0.3) is 0 Å². The summed E-state index contributed by atoms with van der Waals surface area (Å²) in [4.78, 5) is 25.2. The molecular formula is C24H23N3O4S. The molecule has 32 heavy (non-hydrogen) atoms. The molecule has 1 atom stereocenters. The van der Waals surface area contributed by atoms with Crippen molar-refractivity contribution in [3.8, 4) is 6.07 Å². The number of nitrogens with zero attached hydrogens (tertiary/aromatic N) is 1. The van der Waals surface area contributed by atoms with E-state index < -0.39 is 11.9 Å². The first kappa shape index (κ1) is 23.0. The Hall–Kier alpha value is -3.70. The number of furan rings is 1. The minimum Gasteiger partial charge on any atom is -0.468 e. The molecule has 0 bridgehead atoms. The van der Waals surface area contributed by atoms with E-state index >= 15 is 0 Å². The third-order valence-electron chi connectivity index (χ3n) is 4.71. The normalized spacial score (nSPS) is 15.6. The first-order valence-corrected chi connectivity index (χ1v) is 10.9. The molecule has 1 aromatic carbocycles. The Labute approximate surface area is 190 Å². The zero-order valence-electron chi connectivity index (χ0n) is 17.8. The highest BCUT2D eigenvalue weighted by Crippen LogP contribution is 2.41. The number of thioether (sulfide) groups is 1. The number of rotatable bonds is 8. The molecule has 0 unspecified atom stereocenters. The highest BCUT2D eigenvalue weighted by Gasteiger charge is 2.37. The van der Waals surface area contributed by atoms with E-state index in [4.69, 9.17) is 9.15 Å². The van der Waals surface area contributed by atoms with Crippen LogP contribution in [0.2, 0.25) is 0 Å². The molecular weight excluding hydrogens is 426 g/mol. The Balaban J connectivity index is 1.83. The van der Waals surface area contributed by atoms with Crippen molar-refractivity contribution >= 4 is 29.3 Å². The molecule has 2 heterocycles. The Kier molecular flexibility index (Phi) is 7.58. The molecule has 0 spiro atoms. The molecule has 1 amide bonds. The van der Waals surface area contributed by atoms with E-state index in [9.17, 15) is 14.9 Å². The van der Waals surface area contributed by atoms with E-state index in [1.807, 2.05) is 31.2 Å². The smallest absolute Gasteiger partial charge is 0.337 e. The van der Waals surface area contributed by atoms with Gasteiger partial charge in [0.1, 0.15) is 12.4 Å². The van der Waals surface area contributed by atoms with Crippen LogP contribution in [0.3, 0.4) is 0 Å². The van der Waals surface area contributed by atoms with E-state index in [-0.39, 0.29) is 29.4 Å². The van der Waals surface area contributed by atoms with Crippen molar-refractivity contribution in [1.29, 1.82) is 5.26 Å². The van der Waals surface area contributed by atoms with Gasteiger partial charge in [-0.3, -0.25) is 4.79 Å². The van der Waals surface area contributed by atoms with Crippen molar-refractivity contribution in [2.45, 2.75) is 19.8 Å². The van der Waals surface area contributed by atoms with Crippen LogP contribution in [0.4, 0.5) is 5.69 Å². The van der Waals surface area contributed by atoms with Crippen molar-refractivity contribution in [3.63, 3.8) is 0 Å². The second-order valence-electron chi connectivity index (χ2n) is 7.06. The summed E-state index contributed by atoms with van der Waals surface area (Å²) in [7, 11) is 0. The molecule has 164 valence electrons. The maximum Gasteiger partial charge on any atom is 0.337 e. The average Bonchev–Trinajstić information content (AvgIpc) is 3.31. The fourth-order valence-corrected chi connectivity index (χ4v) is 4.11. The highest BCUT2D eigenvalue weighted by molar-refractivity contribution is 8.03. The van der Waals surface area contributed by atoms with Crippen molar-refractivity contribution in [3.05, 3.63) is 88.5 Å². The summed E-state index contributed by atoms with van der Waals surface area (Å²) >= 11 is 1.19. The average molecular weight is 450 g/mol. The minimum absolute atomic E-state index is 0.0485. The summed E-state index contributed by atoms with van der Waals surface area (Å²) in [6.45, 7) is 7.30. The summed E-state index contributed by atoms with van der Waals surface area (Å²) in [5.41, 5.74) is 2.89. The van der Waals surface area contributed by atoms with Crippen LogP contribution in [0.15, 0.2) is 81.6 Å².